The molecule has 1 aliphatic heterocycles. The number of rotatable bonds is 2. The molecule has 0 radical (unpaired) electrons. The summed E-state index contributed by atoms with van der Waals surface area (Å²) in [5.74, 6) is 1.39. The van der Waals surface area contributed by atoms with Crippen LogP contribution in [0.15, 0.2) is 24.5 Å². The molecule has 0 amide bonds. The molecule has 96 valence electrons. The molecule has 1 saturated heterocycles. The SMILES string of the molecule is CC(C)N1CCCC1c1ncc2cc(O)ccn12. The van der Waals surface area contributed by atoms with E-state index in [1.54, 1.807) is 12.1 Å². The van der Waals surface area contributed by atoms with Crippen LogP contribution in [0.2, 0.25) is 0 Å². The Morgan fingerprint density at radius 3 is 3.06 bits per heavy atom. The van der Waals surface area contributed by atoms with Gasteiger partial charge in [0.05, 0.1) is 17.8 Å². The van der Waals surface area contributed by atoms with Crippen LogP contribution in [0.4, 0.5) is 0 Å². The molecule has 0 spiro atoms. The number of pyridine rings is 1. The van der Waals surface area contributed by atoms with Crippen molar-refractivity contribution in [3.63, 3.8) is 0 Å². The minimum absolute atomic E-state index is 0.293. The van der Waals surface area contributed by atoms with Gasteiger partial charge in [-0.05, 0) is 39.3 Å². The molecule has 0 saturated carbocycles. The van der Waals surface area contributed by atoms with E-state index in [9.17, 15) is 5.11 Å². The molecule has 4 heteroatoms. The zero-order valence-electron chi connectivity index (χ0n) is 10.9. The van der Waals surface area contributed by atoms with Gasteiger partial charge in [-0.15, -0.1) is 0 Å². The third-order valence-corrected chi connectivity index (χ3v) is 3.80. The van der Waals surface area contributed by atoms with Crippen LogP contribution in [-0.4, -0.2) is 32.0 Å². The lowest BCUT2D eigenvalue weighted by Gasteiger charge is -2.27. The zero-order chi connectivity index (χ0) is 12.7. The summed E-state index contributed by atoms with van der Waals surface area (Å²) in [6.07, 6.45) is 6.14. The molecule has 1 aliphatic rings. The van der Waals surface area contributed by atoms with E-state index in [2.05, 4.69) is 28.1 Å². The summed E-state index contributed by atoms with van der Waals surface area (Å²) in [7, 11) is 0. The first-order valence-corrected chi connectivity index (χ1v) is 6.58. The molecule has 18 heavy (non-hydrogen) atoms. The average molecular weight is 245 g/mol. The highest BCUT2D eigenvalue weighted by Crippen LogP contribution is 2.33. The molecule has 2 aromatic rings. The van der Waals surface area contributed by atoms with Crippen molar-refractivity contribution in [2.45, 2.75) is 38.8 Å². The fraction of sp³-hybridized carbons (Fsp3) is 0.500. The minimum Gasteiger partial charge on any atom is -0.508 e. The van der Waals surface area contributed by atoms with Crippen molar-refractivity contribution >= 4 is 5.52 Å². The summed E-state index contributed by atoms with van der Waals surface area (Å²) in [4.78, 5) is 7.06. The maximum atomic E-state index is 9.49. The van der Waals surface area contributed by atoms with Gasteiger partial charge in [0, 0.05) is 18.3 Å². The van der Waals surface area contributed by atoms with Crippen LogP contribution in [-0.2, 0) is 0 Å². The molecule has 1 atom stereocenters. The Balaban J connectivity index is 2.04. The smallest absolute Gasteiger partial charge is 0.130 e. The molecular weight excluding hydrogens is 226 g/mol. The van der Waals surface area contributed by atoms with Gasteiger partial charge in [-0.3, -0.25) is 4.90 Å². The number of fused-ring (bicyclic) bond motifs is 1. The van der Waals surface area contributed by atoms with E-state index < -0.39 is 0 Å². The molecule has 3 rings (SSSR count). The fourth-order valence-electron chi connectivity index (χ4n) is 2.94. The third kappa shape index (κ3) is 1.77. The lowest BCUT2D eigenvalue weighted by Crippen LogP contribution is -2.31. The minimum atomic E-state index is 0.293. The third-order valence-electron chi connectivity index (χ3n) is 3.80. The quantitative estimate of drug-likeness (QED) is 0.884. The highest BCUT2D eigenvalue weighted by atomic mass is 16.3. The van der Waals surface area contributed by atoms with E-state index >= 15 is 0 Å². The Kier molecular flexibility index (Phi) is 2.74. The van der Waals surface area contributed by atoms with Crippen molar-refractivity contribution in [3.8, 4) is 5.75 Å². The van der Waals surface area contributed by atoms with E-state index in [-0.39, 0.29) is 0 Å². The molecule has 1 N–H and O–H groups in total. The van der Waals surface area contributed by atoms with Crippen LogP contribution in [0.1, 0.15) is 38.6 Å². The topological polar surface area (TPSA) is 40.8 Å². The largest absolute Gasteiger partial charge is 0.508 e. The first-order chi connectivity index (χ1) is 8.66. The number of hydrogen-bond acceptors (Lipinski definition) is 3. The van der Waals surface area contributed by atoms with Gasteiger partial charge in [0.2, 0.25) is 0 Å². The van der Waals surface area contributed by atoms with Crippen LogP contribution < -0.4 is 0 Å². The lowest BCUT2D eigenvalue weighted by atomic mass is 10.2. The molecule has 2 aromatic heterocycles. The van der Waals surface area contributed by atoms with Gasteiger partial charge >= 0.3 is 0 Å². The van der Waals surface area contributed by atoms with Gasteiger partial charge in [-0.1, -0.05) is 0 Å². The van der Waals surface area contributed by atoms with Gasteiger partial charge < -0.3 is 9.51 Å². The van der Waals surface area contributed by atoms with Crippen LogP contribution in [0.3, 0.4) is 0 Å². The van der Waals surface area contributed by atoms with E-state index in [0.717, 1.165) is 24.3 Å². The second-order valence-corrected chi connectivity index (χ2v) is 5.29. The predicted octanol–water partition coefficient (Wildman–Crippen LogP) is 2.59. The average Bonchev–Trinajstić information content (AvgIpc) is 2.92. The molecule has 0 aliphatic carbocycles. The zero-order valence-corrected chi connectivity index (χ0v) is 10.9. The molecule has 4 nitrogen and oxygen atoms in total. The number of imidazole rings is 1. The van der Waals surface area contributed by atoms with Crippen molar-refractivity contribution < 1.29 is 5.11 Å². The summed E-state index contributed by atoms with van der Waals surface area (Å²) in [5, 5.41) is 9.49. The summed E-state index contributed by atoms with van der Waals surface area (Å²) in [5.41, 5.74) is 0.959. The van der Waals surface area contributed by atoms with Crippen molar-refractivity contribution in [2.75, 3.05) is 6.54 Å². The van der Waals surface area contributed by atoms with Gasteiger partial charge in [-0.25, -0.2) is 4.98 Å². The summed E-state index contributed by atoms with van der Waals surface area (Å²) in [6.45, 7) is 5.62. The van der Waals surface area contributed by atoms with Crippen LogP contribution in [0.25, 0.3) is 5.52 Å². The predicted molar refractivity (Wildman–Crippen MR) is 70.7 cm³/mol. The number of nitrogens with zero attached hydrogens (tertiary/aromatic N) is 3. The summed E-state index contributed by atoms with van der Waals surface area (Å²) in [6, 6.07) is 4.41. The van der Waals surface area contributed by atoms with Crippen molar-refractivity contribution in [1.29, 1.82) is 0 Å². The number of likely N-dealkylation sites (tertiary alicyclic amines) is 1. The van der Waals surface area contributed by atoms with Crippen LogP contribution >= 0.6 is 0 Å². The molecule has 0 aromatic carbocycles. The number of aromatic nitrogens is 2. The van der Waals surface area contributed by atoms with Gasteiger partial charge in [-0.2, -0.15) is 0 Å². The second kappa shape index (κ2) is 4.28. The molecule has 1 unspecified atom stereocenters. The molecule has 0 bridgehead atoms. The highest BCUT2D eigenvalue weighted by Gasteiger charge is 2.30. The van der Waals surface area contributed by atoms with Gasteiger partial charge in [0.1, 0.15) is 11.6 Å². The van der Waals surface area contributed by atoms with Crippen molar-refractivity contribution in [2.24, 2.45) is 0 Å². The number of aromatic hydroxyl groups is 1. The maximum Gasteiger partial charge on any atom is 0.130 e. The number of hydrogen-bond donors (Lipinski definition) is 1. The van der Waals surface area contributed by atoms with E-state index in [0.29, 0.717) is 17.8 Å². The Morgan fingerprint density at radius 2 is 2.28 bits per heavy atom. The molecule has 1 fully saturated rings. The van der Waals surface area contributed by atoms with E-state index in [1.807, 2.05) is 12.4 Å². The summed E-state index contributed by atoms with van der Waals surface area (Å²) < 4.78 is 2.09. The van der Waals surface area contributed by atoms with Gasteiger partial charge in [0.15, 0.2) is 0 Å². The van der Waals surface area contributed by atoms with Crippen molar-refractivity contribution in [3.05, 3.63) is 30.4 Å². The van der Waals surface area contributed by atoms with E-state index in [1.165, 1.54) is 6.42 Å². The standard InChI is InChI=1S/C14H19N3O/c1-10(2)16-6-3-4-13(16)14-15-9-11-8-12(18)5-7-17(11)14/h5,7-10,13,18H,3-4,6H2,1-2H3. The summed E-state index contributed by atoms with van der Waals surface area (Å²) >= 11 is 0. The molecular formula is C14H19N3O. The monoisotopic (exact) mass is 245 g/mol. The Bertz CT molecular complexity index is 561. The lowest BCUT2D eigenvalue weighted by molar-refractivity contribution is 0.198. The Hall–Kier alpha value is -1.55. The van der Waals surface area contributed by atoms with Crippen molar-refractivity contribution in [1.82, 2.24) is 14.3 Å². The highest BCUT2D eigenvalue weighted by molar-refractivity contribution is 5.50. The Morgan fingerprint density at radius 1 is 1.44 bits per heavy atom. The first-order valence-electron chi connectivity index (χ1n) is 6.58. The maximum absolute atomic E-state index is 9.49. The van der Waals surface area contributed by atoms with E-state index in [4.69, 9.17) is 0 Å². The van der Waals surface area contributed by atoms with Crippen LogP contribution in [0, 0.1) is 0 Å². The normalized spacial score (nSPS) is 21.2. The second-order valence-electron chi connectivity index (χ2n) is 5.29. The molecule has 3 heterocycles. The Labute approximate surface area is 107 Å². The van der Waals surface area contributed by atoms with Gasteiger partial charge in [0.25, 0.3) is 0 Å². The first kappa shape index (κ1) is 11.5. The fourth-order valence-corrected chi connectivity index (χ4v) is 2.94. The van der Waals surface area contributed by atoms with Crippen LogP contribution in [0.5, 0.6) is 5.75 Å².